The number of nitrogens with two attached hydrogens (primary N) is 1. The van der Waals surface area contributed by atoms with E-state index in [9.17, 15) is 4.79 Å². The lowest BCUT2D eigenvalue weighted by atomic mass is 9.96. The molecule has 1 amide bonds. The number of likely N-dealkylation sites (tertiary alicyclic amines) is 1. The first-order chi connectivity index (χ1) is 14.6. The predicted octanol–water partition coefficient (Wildman–Crippen LogP) is 2.64. The van der Waals surface area contributed by atoms with E-state index in [0.29, 0.717) is 24.9 Å². The second kappa shape index (κ2) is 9.66. The number of carbonyl (C=O) groups is 1. The summed E-state index contributed by atoms with van der Waals surface area (Å²) in [5.74, 6) is 2.51. The van der Waals surface area contributed by atoms with E-state index in [-0.39, 0.29) is 18.4 Å². The van der Waals surface area contributed by atoms with Crippen molar-refractivity contribution in [2.75, 3.05) is 38.5 Å². The number of hydrogen-bond donors (Lipinski definition) is 2. The molecule has 0 saturated carbocycles. The highest BCUT2D eigenvalue weighted by molar-refractivity contribution is 9.10. The molecule has 1 atom stereocenters. The number of hydrogen-bond acceptors (Lipinski definition) is 6. The zero-order chi connectivity index (χ0) is 20.9. The average molecular weight is 475 g/mol. The third-order valence-electron chi connectivity index (χ3n) is 5.66. The third-order valence-corrected chi connectivity index (χ3v) is 6.15. The first-order valence-electron chi connectivity index (χ1n) is 10.3. The van der Waals surface area contributed by atoms with Gasteiger partial charge in [0.15, 0.2) is 11.5 Å². The van der Waals surface area contributed by atoms with Crippen molar-refractivity contribution in [2.24, 2.45) is 5.92 Å². The van der Waals surface area contributed by atoms with Crippen LogP contribution in [-0.2, 0) is 11.2 Å². The number of amides is 1. The highest BCUT2D eigenvalue weighted by Crippen LogP contribution is 2.34. The molecule has 1 aromatic heterocycles. The van der Waals surface area contributed by atoms with Crippen LogP contribution in [0.1, 0.15) is 18.4 Å². The molecule has 0 bridgehead atoms. The largest absolute Gasteiger partial charge is 0.486 e. The van der Waals surface area contributed by atoms with E-state index in [1.165, 1.54) is 0 Å². The Morgan fingerprint density at radius 2 is 2.10 bits per heavy atom. The molecule has 3 N–H and O–H groups in total. The smallest absolute Gasteiger partial charge is 0.224 e. The van der Waals surface area contributed by atoms with E-state index in [4.69, 9.17) is 15.2 Å². The van der Waals surface area contributed by atoms with Gasteiger partial charge >= 0.3 is 0 Å². The SMILES string of the molecule is Nc1ncccc1CC(=O)NCC1CCN(C[C@H]2COc3ccc(Br)cc3O2)CC1. The standard InChI is InChI=1S/C22H27BrN4O3/c23-17-3-4-19-20(11-17)30-18(14-29-19)13-27-8-5-15(6-9-27)12-26-21(28)10-16-2-1-7-25-22(16)24/h1-4,7,11,15,18H,5-6,8-10,12-14H2,(H2,24,25)(H,26,28)/t18-/m0/s1. The van der Waals surface area contributed by atoms with E-state index < -0.39 is 0 Å². The van der Waals surface area contributed by atoms with Crippen molar-refractivity contribution in [3.8, 4) is 11.5 Å². The van der Waals surface area contributed by atoms with E-state index in [2.05, 4.69) is 31.1 Å². The Morgan fingerprint density at radius 1 is 1.27 bits per heavy atom. The van der Waals surface area contributed by atoms with Crippen LogP contribution in [-0.4, -0.2) is 54.7 Å². The molecular weight excluding hydrogens is 448 g/mol. The number of nitrogens with one attached hydrogen (secondary N) is 1. The fourth-order valence-corrected chi connectivity index (χ4v) is 4.27. The molecule has 4 rings (SSSR count). The highest BCUT2D eigenvalue weighted by Gasteiger charge is 2.26. The summed E-state index contributed by atoms with van der Waals surface area (Å²) in [6.07, 6.45) is 4.06. The molecular formula is C22H27BrN4O3. The zero-order valence-corrected chi connectivity index (χ0v) is 18.4. The number of nitrogen functional groups attached to an aromatic ring is 1. The normalized spacial score (nSPS) is 19.4. The van der Waals surface area contributed by atoms with E-state index in [1.807, 2.05) is 24.3 Å². The predicted molar refractivity (Wildman–Crippen MR) is 119 cm³/mol. The summed E-state index contributed by atoms with van der Waals surface area (Å²) < 4.78 is 12.9. The average Bonchev–Trinajstić information content (AvgIpc) is 2.75. The summed E-state index contributed by atoms with van der Waals surface area (Å²) in [7, 11) is 0. The summed E-state index contributed by atoms with van der Waals surface area (Å²) in [4.78, 5) is 18.7. The van der Waals surface area contributed by atoms with Crippen LogP contribution < -0.4 is 20.5 Å². The molecule has 0 aliphatic carbocycles. The van der Waals surface area contributed by atoms with Crippen molar-refractivity contribution in [3.63, 3.8) is 0 Å². The van der Waals surface area contributed by atoms with Crippen LogP contribution in [0.5, 0.6) is 11.5 Å². The molecule has 1 aromatic carbocycles. The lowest BCUT2D eigenvalue weighted by Gasteiger charge is -2.35. The van der Waals surface area contributed by atoms with E-state index in [0.717, 1.165) is 54.0 Å². The summed E-state index contributed by atoms with van der Waals surface area (Å²) in [5.41, 5.74) is 6.59. The number of pyridine rings is 1. The lowest BCUT2D eigenvalue weighted by molar-refractivity contribution is -0.120. The van der Waals surface area contributed by atoms with E-state index >= 15 is 0 Å². The van der Waals surface area contributed by atoms with Gasteiger partial charge < -0.3 is 20.5 Å². The molecule has 160 valence electrons. The number of carbonyl (C=O) groups excluding carboxylic acids is 1. The van der Waals surface area contributed by atoms with Gasteiger partial charge in [-0.2, -0.15) is 0 Å². The van der Waals surface area contributed by atoms with Crippen LogP contribution in [0.25, 0.3) is 0 Å². The zero-order valence-electron chi connectivity index (χ0n) is 16.9. The summed E-state index contributed by atoms with van der Waals surface area (Å²) in [5, 5.41) is 3.05. The Bertz CT molecular complexity index is 886. The Kier molecular flexibility index (Phi) is 6.74. The molecule has 1 saturated heterocycles. The van der Waals surface area contributed by atoms with Crippen molar-refractivity contribution >= 4 is 27.7 Å². The number of fused-ring (bicyclic) bond motifs is 1. The molecule has 1 fully saturated rings. The number of nitrogens with zero attached hydrogens (tertiary/aromatic N) is 2. The number of anilines is 1. The second-order valence-corrected chi connectivity index (χ2v) is 8.83. The minimum Gasteiger partial charge on any atom is -0.486 e. The van der Waals surface area contributed by atoms with Gasteiger partial charge in [0.1, 0.15) is 18.5 Å². The molecule has 2 aromatic rings. The molecule has 7 nitrogen and oxygen atoms in total. The topological polar surface area (TPSA) is 89.7 Å². The number of benzene rings is 1. The summed E-state index contributed by atoms with van der Waals surface area (Å²) in [6, 6.07) is 9.48. The number of aromatic nitrogens is 1. The number of ether oxygens (including phenoxy) is 2. The number of piperidine rings is 1. The summed E-state index contributed by atoms with van der Waals surface area (Å²) >= 11 is 3.48. The maximum Gasteiger partial charge on any atom is 0.224 e. The fraction of sp³-hybridized carbons (Fsp3) is 0.455. The maximum atomic E-state index is 12.2. The van der Waals surface area contributed by atoms with Crippen LogP contribution in [0, 0.1) is 5.92 Å². The van der Waals surface area contributed by atoms with Gasteiger partial charge in [-0.25, -0.2) is 4.98 Å². The van der Waals surface area contributed by atoms with Gasteiger partial charge in [0.2, 0.25) is 5.91 Å². The summed E-state index contributed by atoms with van der Waals surface area (Å²) in [6.45, 7) is 4.13. The minimum absolute atomic E-state index is 0.00490. The van der Waals surface area contributed by atoms with Gasteiger partial charge in [-0.15, -0.1) is 0 Å². The molecule has 8 heteroatoms. The maximum absolute atomic E-state index is 12.2. The quantitative estimate of drug-likeness (QED) is 0.668. The Hall–Kier alpha value is -2.32. The van der Waals surface area contributed by atoms with Gasteiger partial charge in [-0.3, -0.25) is 9.69 Å². The second-order valence-electron chi connectivity index (χ2n) is 7.91. The minimum atomic E-state index is -0.00490. The van der Waals surface area contributed by atoms with Crippen molar-refractivity contribution in [1.82, 2.24) is 15.2 Å². The van der Waals surface area contributed by atoms with Crippen LogP contribution in [0.15, 0.2) is 41.0 Å². The van der Waals surface area contributed by atoms with Crippen LogP contribution >= 0.6 is 15.9 Å². The van der Waals surface area contributed by atoms with Crippen LogP contribution in [0.4, 0.5) is 5.82 Å². The fourth-order valence-electron chi connectivity index (χ4n) is 3.93. The molecule has 0 radical (unpaired) electrons. The monoisotopic (exact) mass is 474 g/mol. The first kappa shape index (κ1) is 20.9. The molecule has 2 aliphatic rings. The molecule has 2 aliphatic heterocycles. The molecule has 0 unspecified atom stereocenters. The van der Waals surface area contributed by atoms with Gasteiger partial charge in [-0.1, -0.05) is 22.0 Å². The van der Waals surface area contributed by atoms with Crippen molar-refractivity contribution in [1.29, 1.82) is 0 Å². The lowest BCUT2D eigenvalue weighted by Crippen LogP contribution is -2.45. The molecule has 0 spiro atoms. The van der Waals surface area contributed by atoms with E-state index in [1.54, 1.807) is 12.3 Å². The van der Waals surface area contributed by atoms with Crippen molar-refractivity contribution in [3.05, 3.63) is 46.6 Å². The van der Waals surface area contributed by atoms with Gasteiger partial charge in [0, 0.05) is 29.3 Å². The van der Waals surface area contributed by atoms with Gasteiger partial charge in [0.05, 0.1) is 6.42 Å². The first-order valence-corrected chi connectivity index (χ1v) is 11.1. The van der Waals surface area contributed by atoms with Crippen LogP contribution in [0.2, 0.25) is 0 Å². The third kappa shape index (κ3) is 5.43. The highest BCUT2D eigenvalue weighted by atomic mass is 79.9. The Balaban J connectivity index is 1.17. The van der Waals surface area contributed by atoms with Crippen molar-refractivity contribution in [2.45, 2.75) is 25.4 Å². The molecule has 3 heterocycles. The van der Waals surface area contributed by atoms with Crippen molar-refractivity contribution < 1.29 is 14.3 Å². The Morgan fingerprint density at radius 3 is 2.90 bits per heavy atom. The molecule has 30 heavy (non-hydrogen) atoms. The number of halogens is 1. The van der Waals surface area contributed by atoms with Crippen LogP contribution in [0.3, 0.4) is 0 Å². The van der Waals surface area contributed by atoms with Gasteiger partial charge in [-0.05, 0) is 56.1 Å². The van der Waals surface area contributed by atoms with Gasteiger partial charge in [0.25, 0.3) is 0 Å². The Labute approximate surface area is 185 Å². The number of rotatable bonds is 6.